The summed E-state index contributed by atoms with van der Waals surface area (Å²) in [5, 5.41) is 3.40. The SMILES string of the molecule is CCCNCc1cccc(N2CCC(C)C(OC)C2)n1. The average Bonchev–Trinajstić information content (AvgIpc) is 2.48. The number of nitrogens with one attached hydrogen (secondary N) is 1. The van der Waals surface area contributed by atoms with Gasteiger partial charge in [-0.3, -0.25) is 0 Å². The van der Waals surface area contributed by atoms with Crippen molar-refractivity contribution >= 4 is 5.82 Å². The van der Waals surface area contributed by atoms with Crippen LogP contribution in [0.15, 0.2) is 18.2 Å². The molecule has 0 spiro atoms. The molecule has 1 fully saturated rings. The van der Waals surface area contributed by atoms with Gasteiger partial charge < -0.3 is 15.0 Å². The lowest BCUT2D eigenvalue weighted by Crippen LogP contribution is -2.44. The molecular formula is C16H27N3O. The molecule has 2 heterocycles. The van der Waals surface area contributed by atoms with Crippen LogP contribution in [0.4, 0.5) is 5.82 Å². The Morgan fingerprint density at radius 1 is 1.45 bits per heavy atom. The van der Waals surface area contributed by atoms with Crippen LogP contribution in [0.2, 0.25) is 0 Å². The van der Waals surface area contributed by atoms with Gasteiger partial charge in [0.15, 0.2) is 0 Å². The third-order valence-electron chi connectivity index (χ3n) is 4.04. The van der Waals surface area contributed by atoms with Gasteiger partial charge in [-0.05, 0) is 37.4 Å². The molecule has 0 aliphatic carbocycles. The van der Waals surface area contributed by atoms with Crippen molar-refractivity contribution in [3.05, 3.63) is 23.9 Å². The van der Waals surface area contributed by atoms with Crippen LogP contribution in [-0.4, -0.2) is 37.8 Å². The Morgan fingerprint density at radius 2 is 2.30 bits per heavy atom. The molecule has 1 aliphatic rings. The Bertz CT molecular complexity index is 410. The molecule has 0 aromatic carbocycles. The molecular weight excluding hydrogens is 250 g/mol. The second-order valence-electron chi connectivity index (χ2n) is 5.65. The zero-order chi connectivity index (χ0) is 14.4. The predicted molar refractivity (Wildman–Crippen MR) is 83.0 cm³/mol. The third kappa shape index (κ3) is 3.93. The molecule has 20 heavy (non-hydrogen) atoms. The van der Waals surface area contributed by atoms with Gasteiger partial charge in [-0.2, -0.15) is 0 Å². The summed E-state index contributed by atoms with van der Waals surface area (Å²) < 4.78 is 5.58. The van der Waals surface area contributed by atoms with Crippen molar-refractivity contribution in [2.75, 3.05) is 31.6 Å². The van der Waals surface area contributed by atoms with Gasteiger partial charge in [0, 0.05) is 26.7 Å². The van der Waals surface area contributed by atoms with E-state index in [-0.39, 0.29) is 0 Å². The average molecular weight is 277 g/mol. The lowest BCUT2D eigenvalue weighted by molar-refractivity contribution is 0.0496. The molecule has 4 heteroatoms. The summed E-state index contributed by atoms with van der Waals surface area (Å²) in [5.41, 5.74) is 1.11. The fourth-order valence-electron chi connectivity index (χ4n) is 2.68. The highest BCUT2D eigenvalue weighted by Crippen LogP contribution is 2.23. The van der Waals surface area contributed by atoms with Gasteiger partial charge >= 0.3 is 0 Å². The van der Waals surface area contributed by atoms with E-state index >= 15 is 0 Å². The number of hydrogen-bond acceptors (Lipinski definition) is 4. The number of piperidine rings is 1. The normalized spacial score (nSPS) is 23.1. The van der Waals surface area contributed by atoms with E-state index in [1.54, 1.807) is 0 Å². The second-order valence-corrected chi connectivity index (χ2v) is 5.65. The summed E-state index contributed by atoms with van der Waals surface area (Å²) in [4.78, 5) is 7.11. The van der Waals surface area contributed by atoms with Crippen LogP contribution < -0.4 is 10.2 Å². The molecule has 0 bridgehead atoms. The van der Waals surface area contributed by atoms with Gasteiger partial charge in [-0.15, -0.1) is 0 Å². The molecule has 1 aliphatic heterocycles. The summed E-state index contributed by atoms with van der Waals surface area (Å²) in [7, 11) is 1.81. The maximum Gasteiger partial charge on any atom is 0.128 e. The maximum absolute atomic E-state index is 5.58. The van der Waals surface area contributed by atoms with Crippen molar-refractivity contribution in [3.8, 4) is 0 Å². The summed E-state index contributed by atoms with van der Waals surface area (Å²) in [5.74, 6) is 1.71. The van der Waals surface area contributed by atoms with Crippen molar-refractivity contribution in [1.82, 2.24) is 10.3 Å². The number of anilines is 1. The van der Waals surface area contributed by atoms with Crippen molar-refractivity contribution < 1.29 is 4.74 Å². The van der Waals surface area contributed by atoms with E-state index in [2.05, 4.69) is 42.3 Å². The van der Waals surface area contributed by atoms with Gasteiger partial charge in [0.05, 0.1) is 11.8 Å². The molecule has 1 N–H and O–H groups in total. The Labute approximate surface area is 122 Å². The van der Waals surface area contributed by atoms with Gasteiger partial charge in [0.1, 0.15) is 5.82 Å². The Balaban J connectivity index is 1.99. The fraction of sp³-hybridized carbons (Fsp3) is 0.688. The first-order valence-corrected chi connectivity index (χ1v) is 7.69. The lowest BCUT2D eigenvalue weighted by atomic mass is 9.96. The number of ether oxygens (including phenoxy) is 1. The molecule has 2 unspecified atom stereocenters. The topological polar surface area (TPSA) is 37.4 Å². The number of nitrogens with zero attached hydrogens (tertiary/aromatic N) is 2. The van der Waals surface area contributed by atoms with E-state index < -0.39 is 0 Å². The molecule has 1 aromatic heterocycles. The van der Waals surface area contributed by atoms with Gasteiger partial charge in [-0.1, -0.05) is 19.9 Å². The van der Waals surface area contributed by atoms with Gasteiger partial charge in [-0.25, -0.2) is 4.98 Å². The van der Waals surface area contributed by atoms with E-state index in [0.717, 1.165) is 44.1 Å². The quantitative estimate of drug-likeness (QED) is 0.811. The van der Waals surface area contributed by atoms with Crippen molar-refractivity contribution in [3.63, 3.8) is 0 Å². The van der Waals surface area contributed by atoms with Crippen LogP contribution in [0.1, 0.15) is 32.4 Å². The summed E-state index contributed by atoms with van der Waals surface area (Å²) in [6.07, 6.45) is 2.63. The number of pyridine rings is 1. The molecule has 0 saturated carbocycles. The first-order chi connectivity index (χ1) is 9.74. The van der Waals surface area contributed by atoms with Crippen LogP contribution in [0, 0.1) is 5.92 Å². The van der Waals surface area contributed by atoms with E-state index in [1.165, 1.54) is 6.42 Å². The molecule has 0 radical (unpaired) electrons. The zero-order valence-electron chi connectivity index (χ0n) is 12.9. The summed E-state index contributed by atoms with van der Waals surface area (Å²) in [6.45, 7) is 8.34. The molecule has 1 aromatic rings. The van der Waals surface area contributed by atoms with Gasteiger partial charge in [0.2, 0.25) is 0 Å². The highest BCUT2D eigenvalue weighted by atomic mass is 16.5. The molecule has 0 amide bonds. The highest BCUT2D eigenvalue weighted by molar-refractivity contribution is 5.40. The fourth-order valence-corrected chi connectivity index (χ4v) is 2.68. The van der Waals surface area contributed by atoms with Crippen LogP contribution in [0.3, 0.4) is 0 Å². The van der Waals surface area contributed by atoms with E-state index in [9.17, 15) is 0 Å². The molecule has 2 rings (SSSR count). The van der Waals surface area contributed by atoms with Crippen LogP contribution >= 0.6 is 0 Å². The maximum atomic E-state index is 5.58. The molecule has 4 nitrogen and oxygen atoms in total. The standard InChI is InChI=1S/C16H27N3O/c1-4-9-17-11-14-6-5-7-16(18-14)19-10-8-13(2)15(12-19)20-3/h5-7,13,15,17H,4,8-12H2,1-3H3. The van der Waals surface area contributed by atoms with E-state index in [0.29, 0.717) is 12.0 Å². The Morgan fingerprint density at radius 3 is 3.05 bits per heavy atom. The monoisotopic (exact) mass is 277 g/mol. The van der Waals surface area contributed by atoms with Gasteiger partial charge in [0.25, 0.3) is 0 Å². The number of methoxy groups -OCH3 is 1. The zero-order valence-corrected chi connectivity index (χ0v) is 12.9. The van der Waals surface area contributed by atoms with E-state index in [4.69, 9.17) is 9.72 Å². The molecule has 1 saturated heterocycles. The molecule has 112 valence electrons. The highest BCUT2D eigenvalue weighted by Gasteiger charge is 2.26. The smallest absolute Gasteiger partial charge is 0.128 e. The van der Waals surface area contributed by atoms with E-state index in [1.807, 2.05) is 7.11 Å². The van der Waals surface area contributed by atoms with Crippen molar-refractivity contribution in [1.29, 1.82) is 0 Å². The van der Waals surface area contributed by atoms with Crippen molar-refractivity contribution in [2.24, 2.45) is 5.92 Å². The number of aromatic nitrogens is 1. The Kier molecular flexibility index (Phi) is 5.80. The number of hydrogen-bond donors (Lipinski definition) is 1. The lowest BCUT2D eigenvalue weighted by Gasteiger charge is -2.37. The largest absolute Gasteiger partial charge is 0.379 e. The summed E-state index contributed by atoms with van der Waals surface area (Å²) in [6, 6.07) is 6.30. The van der Waals surface area contributed by atoms with Crippen LogP contribution in [0.25, 0.3) is 0 Å². The predicted octanol–water partition coefficient (Wildman–Crippen LogP) is 2.44. The minimum atomic E-state index is 0.312. The third-order valence-corrected chi connectivity index (χ3v) is 4.04. The number of rotatable bonds is 6. The van der Waals surface area contributed by atoms with Crippen LogP contribution in [-0.2, 0) is 11.3 Å². The minimum absolute atomic E-state index is 0.312. The van der Waals surface area contributed by atoms with Crippen molar-refractivity contribution in [2.45, 2.75) is 39.3 Å². The second kappa shape index (κ2) is 7.60. The first kappa shape index (κ1) is 15.3. The van der Waals surface area contributed by atoms with Crippen LogP contribution in [0.5, 0.6) is 0 Å². The summed E-state index contributed by atoms with van der Waals surface area (Å²) >= 11 is 0. The first-order valence-electron chi connectivity index (χ1n) is 7.69. The minimum Gasteiger partial charge on any atom is -0.379 e. The molecule has 2 atom stereocenters. The Hall–Kier alpha value is -1.13.